The first kappa shape index (κ1) is 16.2. The molecule has 1 rings (SSSR count). The van der Waals surface area contributed by atoms with Crippen LogP contribution in [0.25, 0.3) is 0 Å². The largest absolute Gasteiger partial charge is 0.355 e. The van der Waals surface area contributed by atoms with Gasteiger partial charge in [0.25, 0.3) is 0 Å². The smallest absolute Gasteiger partial charge is 0.224 e. The number of hydrogen-bond donors (Lipinski definition) is 1. The summed E-state index contributed by atoms with van der Waals surface area (Å²) >= 11 is 0. The number of amides is 2. The van der Waals surface area contributed by atoms with E-state index in [9.17, 15) is 9.59 Å². The van der Waals surface area contributed by atoms with E-state index in [2.05, 4.69) is 5.32 Å². The molecule has 0 saturated heterocycles. The van der Waals surface area contributed by atoms with Gasteiger partial charge in [-0.15, -0.1) is 0 Å². The molecule has 0 aromatic heterocycles. The topological polar surface area (TPSA) is 49.4 Å². The van der Waals surface area contributed by atoms with Gasteiger partial charge in [0.1, 0.15) is 0 Å². The fourth-order valence-electron chi connectivity index (χ4n) is 1.79. The Balaban J connectivity index is 2.30. The Kier molecular flexibility index (Phi) is 6.77. The van der Waals surface area contributed by atoms with E-state index >= 15 is 0 Å². The van der Waals surface area contributed by atoms with Crippen molar-refractivity contribution < 1.29 is 9.59 Å². The average Bonchev–Trinajstić information content (AvgIpc) is 2.47. The average molecular weight is 276 g/mol. The number of hydrogen-bond acceptors (Lipinski definition) is 2. The summed E-state index contributed by atoms with van der Waals surface area (Å²) in [5, 5.41) is 2.80. The van der Waals surface area contributed by atoms with Crippen molar-refractivity contribution in [1.29, 1.82) is 0 Å². The second kappa shape index (κ2) is 8.35. The Morgan fingerprint density at radius 3 is 2.50 bits per heavy atom. The lowest BCUT2D eigenvalue weighted by Gasteiger charge is -2.17. The fourth-order valence-corrected chi connectivity index (χ4v) is 1.79. The van der Waals surface area contributed by atoms with Crippen molar-refractivity contribution >= 4 is 11.8 Å². The van der Waals surface area contributed by atoms with Gasteiger partial charge in [0.2, 0.25) is 11.8 Å². The maximum Gasteiger partial charge on any atom is 0.224 e. The molecule has 0 radical (unpaired) electrons. The van der Waals surface area contributed by atoms with Gasteiger partial charge >= 0.3 is 0 Å². The Labute approximate surface area is 121 Å². The van der Waals surface area contributed by atoms with Gasteiger partial charge < -0.3 is 10.2 Å². The third kappa shape index (κ3) is 5.43. The SMILES string of the molecule is CC[C@@H](C)C(=O)NCCC(=O)N(C)Cc1ccccc1. The van der Waals surface area contributed by atoms with Crippen molar-refractivity contribution in [3.05, 3.63) is 35.9 Å². The van der Waals surface area contributed by atoms with Crippen LogP contribution < -0.4 is 5.32 Å². The van der Waals surface area contributed by atoms with Gasteiger partial charge in [-0.3, -0.25) is 9.59 Å². The second-order valence-corrected chi connectivity index (χ2v) is 5.09. The highest BCUT2D eigenvalue weighted by atomic mass is 16.2. The van der Waals surface area contributed by atoms with Crippen molar-refractivity contribution in [1.82, 2.24) is 10.2 Å². The Morgan fingerprint density at radius 2 is 1.90 bits per heavy atom. The molecule has 0 aliphatic rings. The van der Waals surface area contributed by atoms with Crippen molar-refractivity contribution in [2.45, 2.75) is 33.2 Å². The van der Waals surface area contributed by atoms with E-state index in [-0.39, 0.29) is 17.7 Å². The molecule has 0 spiro atoms. The van der Waals surface area contributed by atoms with Gasteiger partial charge in [-0.25, -0.2) is 0 Å². The number of carbonyl (C=O) groups is 2. The molecule has 4 heteroatoms. The molecule has 1 aromatic carbocycles. The Hall–Kier alpha value is -1.84. The number of rotatable bonds is 7. The highest BCUT2D eigenvalue weighted by Crippen LogP contribution is 2.04. The van der Waals surface area contributed by atoms with Crippen LogP contribution in [0.2, 0.25) is 0 Å². The molecule has 1 atom stereocenters. The van der Waals surface area contributed by atoms with Crippen molar-refractivity contribution in [3.63, 3.8) is 0 Å². The molecule has 4 nitrogen and oxygen atoms in total. The summed E-state index contributed by atoms with van der Waals surface area (Å²) in [5.41, 5.74) is 1.10. The number of benzene rings is 1. The highest BCUT2D eigenvalue weighted by Gasteiger charge is 2.12. The minimum absolute atomic E-state index is 0.00662. The summed E-state index contributed by atoms with van der Waals surface area (Å²) < 4.78 is 0. The van der Waals surface area contributed by atoms with E-state index in [1.165, 1.54) is 0 Å². The van der Waals surface area contributed by atoms with Crippen LogP contribution >= 0.6 is 0 Å². The molecule has 0 aliphatic carbocycles. The zero-order chi connectivity index (χ0) is 15.0. The normalized spacial score (nSPS) is 11.8. The van der Waals surface area contributed by atoms with Gasteiger partial charge in [0, 0.05) is 32.5 Å². The van der Waals surface area contributed by atoms with Crippen LogP contribution in [0.3, 0.4) is 0 Å². The summed E-state index contributed by atoms with van der Waals surface area (Å²) in [6, 6.07) is 9.86. The summed E-state index contributed by atoms with van der Waals surface area (Å²) in [6.07, 6.45) is 1.15. The first-order valence-electron chi connectivity index (χ1n) is 7.10. The molecule has 0 unspecified atom stereocenters. The third-order valence-corrected chi connectivity index (χ3v) is 3.39. The van der Waals surface area contributed by atoms with Crippen LogP contribution in [0.4, 0.5) is 0 Å². The minimum Gasteiger partial charge on any atom is -0.355 e. The fraction of sp³-hybridized carbons (Fsp3) is 0.500. The zero-order valence-electron chi connectivity index (χ0n) is 12.6. The minimum atomic E-state index is 0.00662. The van der Waals surface area contributed by atoms with Crippen molar-refractivity contribution in [2.75, 3.05) is 13.6 Å². The molecule has 110 valence electrons. The number of nitrogens with zero attached hydrogens (tertiary/aromatic N) is 1. The van der Waals surface area contributed by atoms with Gasteiger partial charge in [-0.1, -0.05) is 44.2 Å². The van der Waals surface area contributed by atoms with E-state index in [1.54, 1.807) is 11.9 Å². The quantitative estimate of drug-likeness (QED) is 0.830. The molecule has 1 N–H and O–H groups in total. The molecule has 0 bridgehead atoms. The standard InChI is InChI=1S/C16H24N2O2/c1-4-13(2)16(20)17-11-10-15(19)18(3)12-14-8-6-5-7-9-14/h5-9,13H,4,10-12H2,1-3H3,(H,17,20)/t13-/m1/s1. The van der Waals surface area contributed by atoms with Crippen LogP contribution in [0.5, 0.6) is 0 Å². The summed E-state index contributed by atoms with van der Waals surface area (Å²) in [4.78, 5) is 25.2. The molecule has 0 heterocycles. The molecule has 0 aliphatic heterocycles. The van der Waals surface area contributed by atoms with E-state index in [0.29, 0.717) is 19.5 Å². The lowest BCUT2D eigenvalue weighted by molar-refractivity contribution is -0.130. The van der Waals surface area contributed by atoms with Gasteiger partial charge in [0.15, 0.2) is 0 Å². The molecule has 2 amide bonds. The van der Waals surface area contributed by atoms with E-state index < -0.39 is 0 Å². The summed E-state index contributed by atoms with van der Waals surface area (Å²) in [7, 11) is 1.78. The molecular formula is C16H24N2O2. The maximum absolute atomic E-state index is 11.9. The first-order valence-corrected chi connectivity index (χ1v) is 7.10. The molecule has 0 saturated carbocycles. The van der Waals surface area contributed by atoms with Crippen LogP contribution in [0.15, 0.2) is 30.3 Å². The summed E-state index contributed by atoms with van der Waals surface area (Å²) in [5.74, 6) is 0.0662. The van der Waals surface area contributed by atoms with Crippen LogP contribution in [0, 0.1) is 5.92 Å². The number of carbonyl (C=O) groups excluding carboxylic acids is 2. The lowest BCUT2D eigenvalue weighted by atomic mass is 10.1. The van der Waals surface area contributed by atoms with Gasteiger partial charge in [0.05, 0.1) is 0 Å². The summed E-state index contributed by atoms with van der Waals surface area (Å²) in [6.45, 7) is 4.86. The molecule has 1 aromatic rings. The monoisotopic (exact) mass is 276 g/mol. The van der Waals surface area contributed by atoms with Crippen LogP contribution in [-0.2, 0) is 16.1 Å². The zero-order valence-corrected chi connectivity index (χ0v) is 12.6. The predicted molar refractivity (Wildman–Crippen MR) is 80.0 cm³/mol. The van der Waals surface area contributed by atoms with E-state index in [4.69, 9.17) is 0 Å². The van der Waals surface area contributed by atoms with Crippen LogP contribution in [0.1, 0.15) is 32.3 Å². The second-order valence-electron chi connectivity index (χ2n) is 5.09. The molecule has 0 fully saturated rings. The highest BCUT2D eigenvalue weighted by molar-refractivity contribution is 5.80. The van der Waals surface area contributed by atoms with Gasteiger partial charge in [-0.05, 0) is 12.0 Å². The first-order chi connectivity index (χ1) is 9.54. The molecular weight excluding hydrogens is 252 g/mol. The van der Waals surface area contributed by atoms with Crippen molar-refractivity contribution in [3.8, 4) is 0 Å². The van der Waals surface area contributed by atoms with Gasteiger partial charge in [-0.2, -0.15) is 0 Å². The third-order valence-electron chi connectivity index (χ3n) is 3.39. The van der Waals surface area contributed by atoms with E-state index in [1.807, 2.05) is 44.2 Å². The van der Waals surface area contributed by atoms with Crippen LogP contribution in [-0.4, -0.2) is 30.3 Å². The Morgan fingerprint density at radius 1 is 1.25 bits per heavy atom. The van der Waals surface area contributed by atoms with E-state index in [0.717, 1.165) is 12.0 Å². The predicted octanol–water partition coefficient (Wildman–Crippen LogP) is 2.20. The lowest BCUT2D eigenvalue weighted by Crippen LogP contribution is -2.34. The maximum atomic E-state index is 11.9. The van der Waals surface area contributed by atoms with Crippen molar-refractivity contribution in [2.24, 2.45) is 5.92 Å². The number of nitrogens with one attached hydrogen (secondary N) is 1. The molecule has 20 heavy (non-hydrogen) atoms. The Bertz CT molecular complexity index is 431.